The summed E-state index contributed by atoms with van der Waals surface area (Å²) in [5.41, 5.74) is -0.995. The Morgan fingerprint density at radius 3 is 2.42 bits per heavy atom. The van der Waals surface area contributed by atoms with E-state index < -0.39 is 16.7 Å². The van der Waals surface area contributed by atoms with Gasteiger partial charge in [-0.3, -0.25) is 28.4 Å². The van der Waals surface area contributed by atoms with E-state index in [2.05, 4.69) is 0 Å². The second-order valence-corrected chi connectivity index (χ2v) is 7.74. The zero-order valence-corrected chi connectivity index (χ0v) is 15.3. The lowest BCUT2D eigenvalue weighted by Crippen LogP contribution is -2.39. The highest BCUT2D eigenvalue weighted by Crippen LogP contribution is 2.31. The van der Waals surface area contributed by atoms with Crippen molar-refractivity contribution in [3.05, 3.63) is 43.7 Å². The second kappa shape index (κ2) is 6.43. The van der Waals surface area contributed by atoms with E-state index in [1.165, 1.54) is 40.4 Å². The van der Waals surface area contributed by atoms with Crippen molar-refractivity contribution >= 4 is 23.5 Å². The van der Waals surface area contributed by atoms with Gasteiger partial charge in [-0.2, -0.15) is 0 Å². The zero-order valence-electron chi connectivity index (χ0n) is 14.5. The van der Waals surface area contributed by atoms with Crippen molar-refractivity contribution in [2.24, 2.45) is 19.5 Å². The number of rotatable bonds is 3. The van der Waals surface area contributed by atoms with Crippen LogP contribution in [0.5, 0.6) is 0 Å². The van der Waals surface area contributed by atoms with Crippen LogP contribution in [-0.4, -0.2) is 31.5 Å². The molecule has 1 aromatic heterocycles. The molecule has 0 aliphatic carbocycles. The van der Waals surface area contributed by atoms with Crippen LogP contribution in [0.2, 0.25) is 0 Å². The highest BCUT2D eigenvalue weighted by molar-refractivity contribution is 8.04. The molecule has 1 fully saturated rings. The molecule has 0 atom stereocenters. The first-order valence-electron chi connectivity index (χ1n) is 7.47. The summed E-state index contributed by atoms with van der Waals surface area (Å²) in [7, 11) is 2.95. The Bertz CT molecular complexity index is 842. The van der Waals surface area contributed by atoms with E-state index in [-0.39, 0.29) is 24.0 Å². The normalized spacial score (nSPS) is 17.0. The van der Waals surface area contributed by atoms with E-state index in [0.29, 0.717) is 10.7 Å². The summed E-state index contributed by atoms with van der Waals surface area (Å²) in [4.78, 5) is 49.6. The Morgan fingerprint density at radius 1 is 1.21 bits per heavy atom. The van der Waals surface area contributed by atoms with Crippen molar-refractivity contribution in [1.82, 2.24) is 14.0 Å². The number of carbonyl (C=O) groups is 2. The molecule has 0 unspecified atom stereocenters. The van der Waals surface area contributed by atoms with Crippen molar-refractivity contribution in [2.45, 2.75) is 27.3 Å². The Hall–Kier alpha value is -2.09. The van der Waals surface area contributed by atoms with Gasteiger partial charge in [-0.25, -0.2) is 4.79 Å². The maximum atomic E-state index is 12.2. The van der Waals surface area contributed by atoms with Crippen LogP contribution in [0, 0.1) is 5.41 Å². The minimum absolute atomic E-state index is 0.0803. The van der Waals surface area contributed by atoms with E-state index >= 15 is 0 Å². The number of allylic oxidation sites excluding steroid dienone is 1. The number of aromatic nitrogens is 2. The molecule has 1 aliphatic heterocycles. The van der Waals surface area contributed by atoms with Crippen LogP contribution >= 0.6 is 11.8 Å². The van der Waals surface area contributed by atoms with Gasteiger partial charge in [-0.15, -0.1) is 0 Å². The SMILES string of the molecule is Cn1c(CN2C(=O)CS/C2=C\C(=O)C(C)(C)C)cc(=O)n(C)c1=O. The van der Waals surface area contributed by atoms with E-state index in [1.807, 2.05) is 20.8 Å². The van der Waals surface area contributed by atoms with E-state index in [0.717, 1.165) is 4.57 Å². The Kier molecular flexibility index (Phi) is 4.89. The summed E-state index contributed by atoms with van der Waals surface area (Å²) >= 11 is 1.29. The van der Waals surface area contributed by atoms with Gasteiger partial charge < -0.3 is 0 Å². The lowest BCUT2D eigenvalue weighted by molar-refractivity contribution is -0.126. The van der Waals surface area contributed by atoms with Crippen molar-refractivity contribution in [2.75, 3.05) is 5.75 Å². The summed E-state index contributed by atoms with van der Waals surface area (Å²) < 4.78 is 2.34. The second-order valence-electron chi connectivity index (χ2n) is 6.74. The number of hydrogen-bond acceptors (Lipinski definition) is 5. The smallest absolute Gasteiger partial charge is 0.300 e. The predicted octanol–water partition coefficient (Wildman–Crippen LogP) is 0.616. The molecule has 0 bridgehead atoms. The van der Waals surface area contributed by atoms with Crippen LogP contribution in [0.25, 0.3) is 0 Å². The molecule has 0 aromatic carbocycles. The maximum absolute atomic E-state index is 12.2. The fourth-order valence-electron chi connectivity index (χ4n) is 2.12. The number of amides is 1. The van der Waals surface area contributed by atoms with Gasteiger partial charge in [0.25, 0.3) is 5.56 Å². The lowest BCUT2D eigenvalue weighted by atomic mass is 9.91. The van der Waals surface area contributed by atoms with Gasteiger partial charge in [0.15, 0.2) is 5.78 Å². The van der Waals surface area contributed by atoms with Crippen LogP contribution in [0.15, 0.2) is 26.8 Å². The van der Waals surface area contributed by atoms with Crippen molar-refractivity contribution in [3.63, 3.8) is 0 Å². The van der Waals surface area contributed by atoms with Gasteiger partial charge in [0, 0.05) is 37.3 Å². The summed E-state index contributed by atoms with van der Waals surface area (Å²) in [6.45, 7) is 5.51. The van der Waals surface area contributed by atoms with Gasteiger partial charge >= 0.3 is 5.69 Å². The third-order valence-corrected chi connectivity index (χ3v) is 4.88. The van der Waals surface area contributed by atoms with Crippen LogP contribution in [0.4, 0.5) is 0 Å². The molecule has 130 valence electrons. The Balaban J connectivity index is 2.39. The Morgan fingerprint density at radius 2 is 1.83 bits per heavy atom. The molecule has 2 rings (SSSR count). The topological polar surface area (TPSA) is 81.4 Å². The van der Waals surface area contributed by atoms with Gasteiger partial charge in [-0.05, 0) is 0 Å². The molecule has 1 aliphatic rings. The minimum atomic E-state index is -0.541. The molecule has 7 nitrogen and oxygen atoms in total. The highest BCUT2D eigenvalue weighted by Gasteiger charge is 2.30. The first-order valence-corrected chi connectivity index (χ1v) is 8.46. The summed E-state index contributed by atoms with van der Waals surface area (Å²) in [5.74, 6) is 0.00541. The fraction of sp³-hybridized carbons (Fsp3) is 0.500. The quantitative estimate of drug-likeness (QED) is 0.746. The molecular formula is C16H21N3O4S. The number of nitrogens with zero attached hydrogens (tertiary/aromatic N) is 3. The monoisotopic (exact) mass is 351 g/mol. The molecule has 24 heavy (non-hydrogen) atoms. The van der Waals surface area contributed by atoms with Gasteiger partial charge in [0.2, 0.25) is 5.91 Å². The van der Waals surface area contributed by atoms with Crippen molar-refractivity contribution in [3.8, 4) is 0 Å². The van der Waals surface area contributed by atoms with Gasteiger partial charge in [0.05, 0.1) is 17.3 Å². The van der Waals surface area contributed by atoms with Crippen LogP contribution < -0.4 is 11.2 Å². The van der Waals surface area contributed by atoms with Gasteiger partial charge in [0.1, 0.15) is 0 Å². The molecule has 0 radical (unpaired) electrons. The number of carbonyl (C=O) groups excluding carboxylic acids is 2. The molecule has 1 saturated heterocycles. The average molecular weight is 351 g/mol. The average Bonchev–Trinajstić information content (AvgIpc) is 2.82. The van der Waals surface area contributed by atoms with Crippen LogP contribution in [0.3, 0.4) is 0 Å². The summed E-state index contributed by atoms with van der Waals surface area (Å²) in [6.07, 6.45) is 1.47. The van der Waals surface area contributed by atoms with E-state index in [4.69, 9.17) is 0 Å². The maximum Gasteiger partial charge on any atom is 0.330 e. The fourth-order valence-corrected chi connectivity index (χ4v) is 3.06. The van der Waals surface area contributed by atoms with Gasteiger partial charge in [-0.1, -0.05) is 32.5 Å². The van der Waals surface area contributed by atoms with E-state index in [9.17, 15) is 19.2 Å². The predicted molar refractivity (Wildman–Crippen MR) is 92.5 cm³/mol. The zero-order chi connectivity index (χ0) is 18.2. The molecular weight excluding hydrogens is 330 g/mol. The van der Waals surface area contributed by atoms with Crippen molar-refractivity contribution < 1.29 is 9.59 Å². The molecule has 8 heteroatoms. The molecule has 1 aromatic rings. The molecule has 0 N–H and O–H groups in total. The lowest BCUT2D eigenvalue weighted by Gasteiger charge is -2.20. The Labute approximate surface area is 144 Å². The summed E-state index contributed by atoms with van der Waals surface area (Å²) in [5, 5.41) is 0.549. The van der Waals surface area contributed by atoms with Crippen LogP contribution in [-0.2, 0) is 30.2 Å². The highest BCUT2D eigenvalue weighted by atomic mass is 32.2. The third-order valence-electron chi connectivity index (χ3n) is 3.85. The molecule has 0 spiro atoms. The minimum Gasteiger partial charge on any atom is -0.300 e. The number of thioether (sulfide) groups is 1. The van der Waals surface area contributed by atoms with E-state index in [1.54, 1.807) is 7.05 Å². The summed E-state index contributed by atoms with van der Waals surface area (Å²) in [6, 6.07) is 1.33. The number of hydrogen-bond donors (Lipinski definition) is 0. The largest absolute Gasteiger partial charge is 0.330 e. The standard InChI is InChI=1S/C16H21N3O4S/c1-16(2,3)11(20)7-14-19(13(22)9-24-14)8-10-6-12(21)18(5)15(23)17(10)4/h6-7H,8-9H2,1-5H3/b14-7-. The van der Waals surface area contributed by atoms with Crippen molar-refractivity contribution in [1.29, 1.82) is 0 Å². The van der Waals surface area contributed by atoms with Crippen LogP contribution in [0.1, 0.15) is 26.5 Å². The first-order chi connectivity index (χ1) is 11.0. The third kappa shape index (κ3) is 3.53. The molecule has 1 amide bonds. The molecule has 0 saturated carbocycles. The first kappa shape index (κ1) is 18.3. The molecule has 2 heterocycles. The number of ketones is 1.